The van der Waals surface area contributed by atoms with Crippen molar-refractivity contribution in [2.75, 3.05) is 18.0 Å². The smallest absolute Gasteiger partial charge is 0.550 e. The van der Waals surface area contributed by atoms with E-state index in [2.05, 4.69) is 14.9 Å². The zero-order valence-electron chi connectivity index (χ0n) is 14.6. The van der Waals surface area contributed by atoms with Crippen LogP contribution in [-0.4, -0.2) is 34.0 Å². The predicted octanol–water partition coefficient (Wildman–Crippen LogP) is -1.34. The molecular weight excluding hydrogens is 355 g/mol. The molecule has 1 aromatic carbocycles. The summed E-state index contributed by atoms with van der Waals surface area (Å²) in [6.07, 6.45) is 4.61. The van der Waals surface area contributed by atoms with E-state index >= 15 is 0 Å². The van der Waals surface area contributed by atoms with Gasteiger partial charge in [-0.3, -0.25) is 4.98 Å². The topological polar surface area (TPSA) is 82.0 Å². The number of hydrogen-bond acceptors (Lipinski definition) is 6. The monoisotopic (exact) mass is 372 g/mol. The molecule has 3 aromatic rings. The maximum atomic E-state index is 11.1. The van der Waals surface area contributed by atoms with E-state index in [0.717, 1.165) is 22.3 Å². The standard InChI is InChI=1S/C19H18N4O2.K/c24-19(25)13-7-10-23(11-8-13)18-15-5-1-2-6-16(15)21-17(22-18)14-4-3-9-20-12-14;/h1-6,9,12-13H,7-8,10-11H2,(H,24,25);/q;+1/p-1. The van der Waals surface area contributed by atoms with Crippen LogP contribution in [0.15, 0.2) is 48.8 Å². The van der Waals surface area contributed by atoms with E-state index in [9.17, 15) is 9.90 Å². The molecule has 3 heterocycles. The van der Waals surface area contributed by atoms with Gasteiger partial charge in [-0.2, -0.15) is 0 Å². The minimum absolute atomic E-state index is 0. The summed E-state index contributed by atoms with van der Waals surface area (Å²) in [4.78, 5) is 26.8. The van der Waals surface area contributed by atoms with Gasteiger partial charge >= 0.3 is 51.4 Å². The third-order valence-electron chi connectivity index (χ3n) is 4.63. The quantitative estimate of drug-likeness (QED) is 0.530. The van der Waals surface area contributed by atoms with Crippen molar-refractivity contribution in [3.05, 3.63) is 48.8 Å². The summed E-state index contributed by atoms with van der Waals surface area (Å²) in [7, 11) is 0. The number of para-hydroxylation sites is 1. The van der Waals surface area contributed by atoms with Crippen LogP contribution in [0.3, 0.4) is 0 Å². The predicted molar refractivity (Wildman–Crippen MR) is 92.7 cm³/mol. The number of carbonyl (C=O) groups is 1. The maximum absolute atomic E-state index is 11.1. The summed E-state index contributed by atoms with van der Waals surface area (Å²) in [5.74, 6) is 0.149. The Hall–Kier alpha value is -1.38. The number of benzene rings is 1. The molecule has 26 heavy (non-hydrogen) atoms. The number of fused-ring (bicyclic) bond motifs is 1. The molecule has 0 saturated carbocycles. The zero-order chi connectivity index (χ0) is 17.2. The van der Waals surface area contributed by atoms with Crippen LogP contribution in [0.5, 0.6) is 0 Å². The first-order valence-corrected chi connectivity index (χ1v) is 8.35. The number of anilines is 1. The first-order valence-electron chi connectivity index (χ1n) is 8.35. The normalized spacial score (nSPS) is 14.8. The van der Waals surface area contributed by atoms with Gasteiger partial charge in [0.05, 0.1) is 5.52 Å². The van der Waals surface area contributed by atoms with Crippen LogP contribution in [0.4, 0.5) is 5.82 Å². The molecule has 0 radical (unpaired) electrons. The van der Waals surface area contributed by atoms with Crippen LogP contribution in [0.25, 0.3) is 22.3 Å². The third kappa shape index (κ3) is 3.97. The number of carboxylic acid groups (broad SMARTS) is 1. The summed E-state index contributed by atoms with van der Waals surface area (Å²) in [5, 5.41) is 12.1. The number of rotatable bonds is 3. The molecule has 4 rings (SSSR count). The number of carbonyl (C=O) groups excluding carboxylic acids is 1. The van der Waals surface area contributed by atoms with Crippen LogP contribution < -0.4 is 61.4 Å². The van der Waals surface area contributed by atoms with Gasteiger partial charge in [-0.1, -0.05) is 12.1 Å². The first kappa shape index (κ1) is 19.4. The van der Waals surface area contributed by atoms with Crippen molar-refractivity contribution in [2.24, 2.45) is 5.92 Å². The van der Waals surface area contributed by atoms with Gasteiger partial charge < -0.3 is 14.8 Å². The van der Waals surface area contributed by atoms with E-state index in [-0.39, 0.29) is 57.3 Å². The van der Waals surface area contributed by atoms with Crippen molar-refractivity contribution in [2.45, 2.75) is 12.8 Å². The Bertz CT molecular complexity index is 912. The van der Waals surface area contributed by atoms with Crippen LogP contribution in [0, 0.1) is 5.92 Å². The molecule has 1 aliphatic heterocycles. The molecule has 6 nitrogen and oxygen atoms in total. The Morgan fingerprint density at radius 1 is 1.08 bits per heavy atom. The number of pyridine rings is 1. The molecule has 0 bridgehead atoms. The SMILES string of the molecule is O=C([O-])C1CCN(c2nc(-c3cccnc3)nc3ccccc23)CC1.[K+]. The number of carboxylic acids is 1. The number of aliphatic carboxylic acids is 1. The van der Waals surface area contributed by atoms with Crippen LogP contribution in [0.1, 0.15) is 12.8 Å². The molecule has 0 amide bonds. The number of aromatic nitrogens is 3. The van der Waals surface area contributed by atoms with Crippen molar-refractivity contribution in [3.8, 4) is 11.4 Å². The van der Waals surface area contributed by atoms with Gasteiger partial charge in [-0.25, -0.2) is 9.97 Å². The van der Waals surface area contributed by atoms with E-state index in [4.69, 9.17) is 4.98 Å². The molecule has 1 fully saturated rings. The minimum atomic E-state index is -0.955. The van der Waals surface area contributed by atoms with Gasteiger partial charge in [0.25, 0.3) is 0 Å². The first-order chi connectivity index (χ1) is 12.2. The van der Waals surface area contributed by atoms with Crippen molar-refractivity contribution in [3.63, 3.8) is 0 Å². The average molecular weight is 372 g/mol. The van der Waals surface area contributed by atoms with Crippen molar-refractivity contribution in [1.82, 2.24) is 15.0 Å². The van der Waals surface area contributed by atoms with Crippen molar-refractivity contribution >= 4 is 22.7 Å². The van der Waals surface area contributed by atoms with Crippen LogP contribution in [0.2, 0.25) is 0 Å². The van der Waals surface area contributed by atoms with Crippen molar-refractivity contribution < 1.29 is 61.3 Å². The summed E-state index contributed by atoms with van der Waals surface area (Å²) >= 11 is 0. The van der Waals surface area contributed by atoms with Gasteiger partial charge in [0.15, 0.2) is 5.82 Å². The van der Waals surface area contributed by atoms with Gasteiger partial charge in [-0.15, -0.1) is 0 Å². The molecule has 1 saturated heterocycles. The molecule has 0 N–H and O–H groups in total. The van der Waals surface area contributed by atoms with Crippen LogP contribution >= 0.6 is 0 Å². The second-order valence-corrected chi connectivity index (χ2v) is 6.21. The summed E-state index contributed by atoms with van der Waals surface area (Å²) in [6.45, 7) is 1.29. The molecule has 126 valence electrons. The fraction of sp³-hybridized carbons (Fsp3) is 0.263. The van der Waals surface area contributed by atoms with E-state index in [1.54, 1.807) is 12.4 Å². The number of piperidine rings is 1. The fourth-order valence-corrected chi connectivity index (χ4v) is 3.25. The molecule has 1 aliphatic rings. The van der Waals surface area contributed by atoms with Crippen LogP contribution in [-0.2, 0) is 4.79 Å². The van der Waals surface area contributed by atoms with E-state index < -0.39 is 5.97 Å². The number of hydrogen-bond donors (Lipinski definition) is 0. The Labute approximate surface area is 194 Å². The van der Waals surface area contributed by atoms with Gasteiger partial charge in [0.1, 0.15) is 5.82 Å². The van der Waals surface area contributed by atoms with E-state index in [0.29, 0.717) is 31.8 Å². The van der Waals surface area contributed by atoms with Gasteiger partial charge in [0.2, 0.25) is 0 Å². The Balaban J connectivity index is 0.00000196. The molecule has 0 unspecified atom stereocenters. The zero-order valence-corrected chi connectivity index (χ0v) is 17.8. The summed E-state index contributed by atoms with van der Waals surface area (Å²) in [6, 6.07) is 11.7. The molecule has 0 spiro atoms. The Morgan fingerprint density at radius 3 is 2.54 bits per heavy atom. The second kappa shape index (κ2) is 8.54. The Morgan fingerprint density at radius 2 is 1.85 bits per heavy atom. The van der Waals surface area contributed by atoms with Gasteiger partial charge in [-0.05, 0) is 37.1 Å². The molecule has 2 aromatic heterocycles. The molecule has 0 atom stereocenters. The number of nitrogens with zero attached hydrogens (tertiary/aromatic N) is 4. The fourth-order valence-electron chi connectivity index (χ4n) is 3.25. The van der Waals surface area contributed by atoms with E-state index in [1.165, 1.54) is 0 Å². The minimum Gasteiger partial charge on any atom is -0.550 e. The summed E-state index contributed by atoms with van der Waals surface area (Å²) in [5.41, 5.74) is 1.73. The molecular formula is C19H17KN4O2. The third-order valence-corrected chi connectivity index (χ3v) is 4.63. The van der Waals surface area contributed by atoms with Crippen molar-refractivity contribution in [1.29, 1.82) is 0 Å². The largest absolute Gasteiger partial charge is 1.00 e. The second-order valence-electron chi connectivity index (χ2n) is 6.21. The maximum Gasteiger partial charge on any atom is 1.00 e. The molecule has 7 heteroatoms. The average Bonchev–Trinajstić information content (AvgIpc) is 2.68. The van der Waals surface area contributed by atoms with E-state index in [1.807, 2.05) is 36.4 Å². The summed E-state index contributed by atoms with van der Waals surface area (Å²) < 4.78 is 0. The van der Waals surface area contributed by atoms with Gasteiger partial charge in [0, 0.05) is 48.3 Å². The Kier molecular flexibility index (Phi) is 6.36. The molecule has 0 aliphatic carbocycles.